The van der Waals surface area contributed by atoms with Crippen LogP contribution in [0.4, 0.5) is 11.8 Å². The first-order valence-corrected chi connectivity index (χ1v) is 10.4. The molecule has 0 amide bonds. The highest BCUT2D eigenvalue weighted by atomic mass is 16.5. The van der Waals surface area contributed by atoms with E-state index in [1.165, 1.54) is 18.4 Å². The number of ether oxygens (including phenoxy) is 1. The third-order valence-corrected chi connectivity index (χ3v) is 5.41. The van der Waals surface area contributed by atoms with E-state index in [4.69, 9.17) is 14.7 Å². The number of pyridine rings is 1. The summed E-state index contributed by atoms with van der Waals surface area (Å²) in [6.45, 7) is 8.45. The SMILES string of the molecule is CCc1cc(NC2CCCN(Cc3cccnc3)C2)nc(N2CCOCC2)n1. The second-order valence-electron chi connectivity index (χ2n) is 7.58. The normalized spacial score (nSPS) is 20.9. The zero-order valence-electron chi connectivity index (χ0n) is 16.7. The van der Waals surface area contributed by atoms with Crippen molar-refractivity contribution in [3.05, 3.63) is 41.9 Å². The van der Waals surface area contributed by atoms with Gasteiger partial charge in [-0.2, -0.15) is 4.98 Å². The van der Waals surface area contributed by atoms with Crippen LogP contribution < -0.4 is 10.2 Å². The molecular formula is C21H30N6O. The first kappa shape index (κ1) is 19.1. The number of morpholine rings is 1. The highest BCUT2D eigenvalue weighted by molar-refractivity contribution is 5.45. The molecule has 4 heterocycles. The van der Waals surface area contributed by atoms with Crippen LogP contribution in [0.2, 0.25) is 0 Å². The predicted molar refractivity (Wildman–Crippen MR) is 111 cm³/mol. The molecular weight excluding hydrogens is 352 g/mol. The van der Waals surface area contributed by atoms with Crippen LogP contribution in [0.15, 0.2) is 30.6 Å². The van der Waals surface area contributed by atoms with Crippen LogP contribution in [0, 0.1) is 0 Å². The molecule has 0 bridgehead atoms. The van der Waals surface area contributed by atoms with E-state index < -0.39 is 0 Å². The number of nitrogens with zero attached hydrogens (tertiary/aromatic N) is 5. The largest absolute Gasteiger partial charge is 0.378 e. The van der Waals surface area contributed by atoms with E-state index in [1.54, 1.807) is 0 Å². The minimum Gasteiger partial charge on any atom is -0.378 e. The molecule has 1 unspecified atom stereocenters. The number of rotatable bonds is 6. The van der Waals surface area contributed by atoms with Crippen LogP contribution in [-0.4, -0.2) is 65.3 Å². The molecule has 2 fully saturated rings. The monoisotopic (exact) mass is 382 g/mol. The Labute approximate surface area is 167 Å². The lowest BCUT2D eigenvalue weighted by molar-refractivity contribution is 0.122. The molecule has 0 spiro atoms. The van der Waals surface area contributed by atoms with Gasteiger partial charge in [0.15, 0.2) is 0 Å². The number of aromatic nitrogens is 3. The average molecular weight is 383 g/mol. The standard InChI is InChI=1S/C21H30N6O/c1-2-18-13-20(25-21(24-18)27-9-11-28-12-10-27)23-19-6-4-8-26(16-19)15-17-5-3-7-22-14-17/h3,5,7,13-14,19H,2,4,6,8-12,15-16H2,1H3,(H,23,24,25). The summed E-state index contributed by atoms with van der Waals surface area (Å²) in [5, 5.41) is 3.68. The Morgan fingerprint density at radius 2 is 2.11 bits per heavy atom. The quantitative estimate of drug-likeness (QED) is 0.822. The van der Waals surface area contributed by atoms with Gasteiger partial charge in [0, 0.05) is 56.4 Å². The molecule has 150 valence electrons. The van der Waals surface area contributed by atoms with Crippen LogP contribution in [0.5, 0.6) is 0 Å². The number of likely N-dealkylation sites (tertiary alicyclic amines) is 1. The van der Waals surface area contributed by atoms with E-state index in [2.05, 4.69) is 39.2 Å². The van der Waals surface area contributed by atoms with Crippen LogP contribution in [0.1, 0.15) is 31.0 Å². The Bertz CT molecular complexity index is 750. The van der Waals surface area contributed by atoms with Crippen molar-refractivity contribution in [2.75, 3.05) is 49.6 Å². The summed E-state index contributed by atoms with van der Waals surface area (Å²) >= 11 is 0. The summed E-state index contributed by atoms with van der Waals surface area (Å²) < 4.78 is 5.47. The van der Waals surface area contributed by atoms with Crippen molar-refractivity contribution in [2.24, 2.45) is 0 Å². The number of aryl methyl sites for hydroxylation is 1. The molecule has 7 nitrogen and oxygen atoms in total. The van der Waals surface area contributed by atoms with Gasteiger partial charge in [-0.25, -0.2) is 4.98 Å². The van der Waals surface area contributed by atoms with Gasteiger partial charge in [0.25, 0.3) is 0 Å². The van der Waals surface area contributed by atoms with Crippen molar-refractivity contribution in [3.8, 4) is 0 Å². The second kappa shape index (κ2) is 9.30. The van der Waals surface area contributed by atoms with Gasteiger partial charge in [0.05, 0.1) is 13.2 Å². The molecule has 0 aliphatic carbocycles. The Balaban J connectivity index is 1.42. The minimum absolute atomic E-state index is 0.405. The van der Waals surface area contributed by atoms with Gasteiger partial charge >= 0.3 is 0 Å². The molecule has 2 aliphatic heterocycles. The zero-order chi connectivity index (χ0) is 19.2. The Kier molecular flexibility index (Phi) is 6.34. The molecule has 0 aromatic carbocycles. The smallest absolute Gasteiger partial charge is 0.227 e. The lowest BCUT2D eigenvalue weighted by atomic mass is 10.0. The van der Waals surface area contributed by atoms with Crippen molar-refractivity contribution in [3.63, 3.8) is 0 Å². The van der Waals surface area contributed by atoms with E-state index in [-0.39, 0.29) is 0 Å². The Morgan fingerprint density at radius 1 is 1.21 bits per heavy atom. The molecule has 2 saturated heterocycles. The lowest BCUT2D eigenvalue weighted by Crippen LogP contribution is -2.42. The fraction of sp³-hybridized carbons (Fsp3) is 0.571. The molecule has 1 N–H and O–H groups in total. The zero-order valence-corrected chi connectivity index (χ0v) is 16.7. The van der Waals surface area contributed by atoms with Gasteiger partial charge in [0.1, 0.15) is 5.82 Å². The Morgan fingerprint density at radius 3 is 2.89 bits per heavy atom. The van der Waals surface area contributed by atoms with E-state index in [1.807, 2.05) is 18.5 Å². The summed E-state index contributed by atoms with van der Waals surface area (Å²) in [6.07, 6.45) is 7.06. The number of piperidine rings is 1. The molecule has 2 aromatic heterocycles. The van der Waals surface area contributed by atoms with Crippen LogP contribution in [0.3, 0.4) is 0 Å². The highest BCUT2D eigenvalue weighted by Crippen LogP contribution is 2.20. The van der Waals surface area contributed by atoms with E-state index in [9.17, 15) is 0 Å². The molecule has 7 heteroatoms. The van der Waals surface area contributed by atoms with Gasteiger partial charge in [-0.1, -0.05) is 13.0 Å². The summed E-state index contributed by atoms with van der Waals surface area (Å²) in [5.74, 6) is 1.77. The molecule has 4 rings (SSSR count). The number of hydrogen-bond acceptors (Lipinski definition) is 7. The predicted octanol–water partition coefficient (Wildman–Crippen LogP) is 2.35. The van der Waals surface area contributed by atoms with Crippen LogP contribution in [-0.2, 0) is 17.7 Å². The average Bonchev–Trinajstić information content (AvgIpc) is 2.75. The maximum atomic E-state index is 5.47. The van der Waals surface area contributed by atoms with E-state index in [0.29, 0.717) is 6.04 Å². The third kappa shape index (κ3) is 4.97. The number of nitrogens with one attached hydrogen (secondary N) is 1. The van der Waals surface area contributed by atoms with Crippen molar-refractivity contribution in [2.45, 2.75) is 38.8 Å². The third-order valence-electron chi connectivity index (χ3n) is 5.41. The molecule has 2 aliphatic rings. The topological polar surface area (TPSA) is 66.4 Å². The first-order valence-electron chi connectivity index (χ1n) is 10.4. The summed E-state index contributed by atoms with van der Waals surface area (Å²) in [6, 6.07) is 6.67. The lowest BCUT2D eigenvalue weighted by Gasteiger charge is -2.33. The fourth-order valence-corrected chi connectivity index (χ4v) is 3.92. The summed E-state index contributed by atoms with van der Waals surface area (Å²) in [4.78, 5) is 18.5. The molecule has 2 aromatic rings. The van der Waals surface area contributed by atoms with Crippen molar-refractivity contribution in [1.29, 1.82) is 0 Å². The molecule has 0 radical (unpaired) electrons. The van der Waals surface area contributed by atoms with E-state index in [0.717, 1.165) is 69.8 Å². The van der Waals surface area contributed by atoms with Crippen LogP contribution >= 0.6 is 0 Å². The number of hydrogen-bond donors (Lipinski definition) is 1. The molecule has 28 heavy (non-hydrogen) atoms. The van der Waals surface area contributed by atoms with E-state index >= 15 is 0 Å². The minimum atomic E-state index is 0.405. The highest BCUT2D eigenvalue weighted by Gasteiger charge is 2.21. The molecule has 0 saturated carbocycles. The van der Waals surface area contributed by atoms with Crippen molar-refractivity contribution >= 4 is 11.8 Å². The molecule has 1 atom stereocenters. The van der Waals surface area contributed by atoms with Crippen molar-refractivity contribution in [1.82, 2.24) is 19.9 Å². The first-order chi connectivity index (χ1) is 13.8. The fourth-order valence-electron chi connectivity index (χ4n) is 3.92. The van der Waals surface area contributed by atoms with Gasteiger partial charge in [-0.05, 0) is 37.4 Å². The van der Waals surface area contributed by atoms with Crippen LogP contribution in [0.25, 0.3) is 0 Å². The summed E-state index contributed by atoms with van der Waals surface area (Å²) in [7, 11) is 0. The maximum Gasteiger partial charge on any atom is 0.227 e. The van der Waals surface area contributed by atoms with Gasteiger partial charge in [-0.3, -0.25) is 9.88 Å². The summed E-state index contributed by atoms with van der Waals surface area (Å²) in [5.41, 5.74) is 2.36. The van der Waals surface area contributed by atoms with Gasteiger partial charge in [0.2, 0.25) is 5.95 Å². The van der Waals surface area contributed by atoms with Crippen molar-refractivity contribution < 1.29 is 4.74 Å². The maximum absolute atomic E-state index is 5.47. The van der Waals surface area contributed by atoms with Gasteiger partial charge in [-0.15, -0.1) is 0 Å². The van der Waals surface area contributed by atoms with Gasteiger partial charge < -0.3 is 15.0 Å². The second-order valence-corrected chi connectivity index (χ2v) is 7.58. The Hall–Kier alpha value is -2.25. The number of anilines is 2.